The molecular formula is C30H34N2O3S. The third kappa shape index (κ3) is 4.07. The van der Waals surface area contributed by atoms with E-state index >= 15 is 0 Å². The second kappa shape index (κ2) is 9.51. The molecule has 1 aliphatic heterocycles. The zero-order chi connectivity index (χ0) is 25.5. The van der Waals surface area contributed by atoms with E-state index in [-0.39, 0.29) is 11.5 Å². The van der Waals surface area contributed by atoms with Gasteiger partial charge in [0, 0.05) is 18.1 Å². The lowest BCUT2D eigenvalue weighted by molar-refractivity contribution is -0.0112. The van der Waals surface area contributed by atoms with E-state index in [1.54, 1.807) is 18.3 Å². The summed E-state index contributed by atoms with van der Waals surface area (Å²) in [5.41, 5.74) is 5.62. The Bertz CT molecular complexity index is 1490. The lowest BCUT2D eigenvalue weighted by atomic mass is 9.80. The van der Waals surface area contributed by atoms with Crippen molar-refractivity contribution in [1.82, 2.24) is 8.87 Å². The molecule has 36 heavy (non-hydrogen) atoms. The molecule has 0 spiro atoms. The van der Waals surface area contributed by atoms with Crippen molar-refractivity contribution in [2.24, 2.45) is 0 Å². The van der Waals surface area contributed by atoms with Crippen molar-refractivity contribution >= 4 is 20.9 Å². The SMILES string of the molecule is Cc1ccc(S(=O)(=O)n2ccc3c(CN4CCCCC4(CO)c4ccccc4)c(C)cc(C)c32)cc1. The molecule has 1 aromatic heterocycles. The Morgan fingerprint density at radius 3 is 2.33 bits per heavy atom. The van der Waals surface area contributed by atoms with Crippen LogP contribution in [0.5, 0.6) is 0 Å². The predicted octanol–water partition coefficient (Wildman–Crippen LogP) is 5.68. The number of benzene rings is 3. The van der Waals surface area contributed by atoms with Crippen molar-refractivity contribution in [3.8, 4) is 0 Å². The summed E-state index contributed by atoms with van der Waals surface area (Å²) in [7, 11) is -3.73. The topological polar surface area (TPSA) is 62.5 Å². The largest absolute Gasteiger partial charge is 0.394 e. The van der Waals surface area contributed by atoms with Crippen molar-refractivity contribution in [1.29, 1.82) is 0 Å². The van der Waals surface area contributed by atoms with Gasteiger partial charge >= 0.3 is 0 Å². The van der Waals surface area contributed by atoms with Crippen LogP contribution in [0.4, 0.5) is 0 Å². The molecule has 1 fully saturated rings. The second-order valence-electron chi connectivity index (χ2n) is 10.1. The highest BCUT2D eigenvalue weighted by Crippen LogP contribution is 2.40. The maximum absolute atomic E-state index is 13.6. The number of fused-ring (bicyclic) bond motifs is 1. The summed E-state index contributed by atoms with van der Waals surface area (Å²) in [5, 5.41) is 11.7. The minimum atomic E-state index is -3.73. The van der Waals surface area contributed by atoms with Gasteiger partial charge in [0.15, 0.2) is 0 Å². The molecule has 5 nitrogen and oxygen atoms in total. The molecule has 0 radical (unpaired) electrons. The van der Waals surface area contributed by atoms with Gasteiger partial charge in [-0.05, 0) is 87.0 Å². The summed E-state index contributed by atoms with van der Waals surface area (Å²) in [6.45, 7) is 7.60. The Labute approximate surface area is 214 Å². The third-order valence-corrected chi connectivity index (χ3v) is 9.52. The molecule has 1 saturated heterocycles. The molecule has 5 rings (SSSR count). The van der Waals surface area contributed by atoms with Crippen molar-refractivity contribution in [3.63, 3.8) is 0 Å². The van der Waals surface area contributed by atoms with E-state index in [9.17, 15) is 13.5 Å². The number of aliphatic hydroxyl groups is 1. The molecule has 2 heterocycles. The Morgan fingerprint density at radius 2 is 1.64 bits per heavy atom. The second-order valence-corrected chi connectivity index (χ2v) is 11.9. The smallest absolute Gasteiger partial charge is 0.268 e. The van der Waals surface area contributed by atoms with Crippen molar-refractivity contribution in [2.75, 3.05) is 13.2 Å². The first kappa shape index (κ1) is 24.8. The average Bonchev–Trinajstić information content (AvgIpc) is 3.34. The van der Waals surface area contributed by atoms with Crippen LogP contribution in [-0.4, -0.2) is 35.5 Å². The minimum Gasteiger partial charge on any atom is -0.394 e. The Balaban J connectivity index is 1.62. The highest BCUT2D eigenvalue weighted by atomic mass is 32.2. The van der Waals surface area contributed by atoms with Crippen LogP contribution in [0.15, 0.2) is 77.8 Å². The Hall–Kier alpha value is -2.93. The van der Waals surface area contributed by atoms with E-state index in [0.717, 1.165) is 64.5 Å². The van der Waals surface area contributed by atoms with E-state index < -0.39 is 15.6 Å². The van der Waals surface area contributed by atoms with Gasteiger partial charge in [-0.15, -0.1) is 0 Å². The van der Waals surface area contributed by atoms with Crippen molar-refractivity contribution in [3.05, 3.63) is 101 Å². The molecular weight excluding hydrogens is 468 g/mol. The van der Waals surface area contributed by atoms with Gasteiger partial charge in [0.1, 0.15) is 0 Å². The summed E-state index contributed by atoms with van der Waals surface area (Å²) in [6.07, 6.45) is 4.72. The summed E-state index contributed by atoms with van der Waals surface area (Å²) < 4.78 is 28.7. The number of aliphatic hydroxyl groups excluding tert-OH is 1. The summed E-state index contributed by atoms with van der Waals surface area (Å²) >= 11 is 0. The summed E-state index contributed by atoms with van der Waals surface area (Å²) in [5.74, 6) is 0. The first-order valence-electron chi connectivity index (χ1n) is 12.6. The van der Waals surface area contributed by atoms with Gasteiger partial charge in [0.25, 0.3) is 10.0 Å². The zero-order valence-corrected chi connectivity index (χ0v) is 22.1. The quantitative estimate of drug-likeness (QED) is 0.369. The minimum absolute atomic E-state index is 0.0495. The summed E-state index contributed by atoms with van der Waals surface area (Å²) in [4.78, 5) is 2.68. The van der Waals surface area contributed by atoms with Crippen molar-refractivity contribution in [2.45, 2.75) is 57.0 Å². The van der Waals surface area contributed by atoms with Gasteiger partial charge < -0.3 is 5.11 Å². The molecule has 1 unspecified atom stereocenters. The number of rotatable bonds is 6. The number of aryl methyl sites for hydroxylation is 3. The molecule has 188 valence electrons. The molecule has 6 heteroatoms. The van der Waals surface area contributed by atoms with Gasteiger partial charge in [-0.25, -0.2) is 12.4 Å². The molecule has 0 saturated carbocycles. The monoisotopic (exact) mass is 502 g/mol. The molecule has 0 aliphatic carbocycles. The number of nitrogens with zero attached hydrogens (tertiary/aromatic N) is 2. The molecule has 3 aromatic carbocycles. The van der Waals surface area contributed by atoms with E-state index in [0.29, 0.717) is 6.54 Å². The van der Waals surface area contributed by atoms with E-state index in [1.807, 2.05) is 50.2 Å². The molecule has 1 N–H and O–H groups in total. The van der Waals surface area contributed by atoms with Crippen LogP contribution in [0.2, 0.25) is 0 Å². The molecule has 0 bridgehead atoms. The van der Waals surface area contributed by atoms with Gasteiger partial charge in [0.05, 0.1) is 22.6 Å². The standard InChI is InChI=1S/C30H34N2O3S/c1-22-11-13-26(14-12-22)36(34,35)32-18-15-27-28(23(2)19-24(3)29(27)32)20-31-17-8-7-16-30(31,21-33)25-9-5-4-6-10-25/h4-6,9-15,18-19,33H,7-8,16-17,20-21H2,1-3H3. The van der Waals surface area contributed by atoms with Crippen LogP contribution in [0.3, 0.4) is 0 Å². The lowest BCUT2D eigenvalue weighted by Crippen LogP contribution is -2.51. The number of hydrogen-bond donors (Lipinski definition) is 1. The number of aromatic nitrogens is 1. The van der Waals surface area contributed by atoms with Gasteiger partial charge in [-0.2, -0.15) is 0 Å². The van der Waals surface area contributed by atoms with Gasteiger partial charge in [-0.1, -0.05) is 54.1 Å². The van der Waals surface area contributed by atoms with Crippen LogP contribution in [0.25, 0.3) is 10.9 Å². The first-order chi connectivity index (χ1) is 17.3. The number of hydrogen-bond acceptors (Lipinski definition) is 4. The molecule has 0 amide bonds. The molecule has 1 atom stereocenters. The van der Waals surface area contributed by atoms with Crippen LogP contribution in [0.1, 0.15) is 47.1 Å². The number of piperidine rings is 1. The fraction of sp³-hybridized carbons (Fsp3) is 0.333. The first-order valence-corrected chi connectivity index (χ1v) is 14.1. The highest BCUT2D eigenvalue weighted by molar-refractivity contribution is 7.90. The zero-order valence-electron chi connectivity index (χ0n) is 21.2. The normalized spacial score (nSPS) is 19.1. The predicted molar refractivity (Wildman–Crippen MR) is 145 cm³/mol. The average molecular weight is 503 g/mol. The van der Waals surface area contributed by atoms with E-state index in [4.69, 9.17) is 0 Å². The van der Waals surface area contributed by atoms with Crippen LogP contribution in [0, 0.1) is 20.8 Å². The Morgan fingerprint density at radius 1 is 0.917 bits per heavy atom. The lowest BCUT2D eigenvalue weighted by Gasteiger charge is -2.47. The van der Waals surface area contributed by atoms with Crippen LogP contribution >= 0.6 is 0 Å². The summed E-state index contributed by atoms with van der Waals surface area (Å²) in [6, 6.07) is 21.3. The molecule has 1 aliphatic rings. The maximum atomic E-state index is 13.6. The molecule has 4 aromatic rings. The number of likely N-dealkylation sites (tertiary alicyclic amines) is 1. The fourth-order valence-corrected chi connectivity index (χ4v) is 7.24. The van der Waals surface area contributed by atoms with Crippen LogP contribution < -0.4 is 0 Å². The maximum Gasteiger partial charge on any atom is 0.268 e. The fourth-order valence-electron chi connectivity index (χ4n) is 5.83. The van der Waals surface area contributed by atoms with Crippen LogP contribution in [-0.2, 0) is 22.1 Å². The van der Waals surface area contributed by atoms with E-state index in [2.05, 4.69) is 30.0 Å². The Kier molecular flexibility index (Phi) is 6.54. The van der Waals surface area contributed by atoms with Gasteiger partial charge in [0.2, 0.25) is 0 Å². The van der Waals surface area contributed by atoms with Gasteiger partial charge in [-0.3, -0.25) is 4.90 Å². The highest BCUT2D eigenvalue weighted by Gasteiger charge is 2.40. The third-order valence-electron chi connectivity index (χ3n) is 7.83. The van der Waals surface area contributed by atoms with E-state index in [1.165, 1.54) is 3.97 Å². The van der Waals surface area contributed by atoms with Crippen molar-refractivity contribution < 1.29 is 13.5 Å².